The van der Waals surface area contributed by atoms with Crippen LogP contribution >= 0.6 is 35.0 Å². The number of anilines is 1. The Balaban J connectivity index is 2.02. The number of rotatable bonds is 4. The third-order valence-electron chi connectivity index (χ3n) is 2.56. The average molecular weight is 366 g/mol. The van der Waals surface area contributed by atoms with Crippen LogP contribution in [0.15, 0.2) is 35.2 Å². The lowest BCUT2D eigenvalue weighted by molar-refractivity contribution is -0.113. The molecule has 0 spiro atoms. The summed E-state index contributed by atoms with van der Waals surface area (Å²) in [6, 6.07) is 6.45. The molecule has 0 aliphatic rings. The lowest BCUT2D eigenvalue weighted by Gasteiger charge is -2.08. The van der Waals surface area contributed by atoms with Gasteiger partial charge < -0.3 is 5.32 Å². The summed E-state index contributed by atoms with van der Waals surface area (Å²) in [5.74, 6) is -5.09. The summed E-state index contributed by atoms with van der Waals surface area (Å²) < 4.78 is 39.3. The highest BCUT2D eigenvalue weighted by Crippen LogP contribution is 2.30. The average Bonchev–Trinajstić information content (AvgIpc) is 2.49. The van der Waals surface area contributed by atoms with Crippen molar-refractivity contribution in [3.05, 3.63) is 57.8 Å². The molecule has 2 aromatic rings. The highest BCUT2D eigenvalue weighted by Gasteiger charge is 2.15. The number of thioether (sulfide) groups is 1. The molecule has 0 heterocycles. The Hall–Kier alpha value is -1.37. The molecule has 2 nitrogen and oxygen atoms in total. The Bertz CT molecular complexity index is 727. The molecule has 116 valence electrons. The van der Waals surface area contributed by atoms with E-state index in [9.17, 15) is 18.0 Å². The highest BCUT2D eigenvalue weighted by molar-refractivity contribution is 8.00. The second-order valence-electron chi connectivity index (χ2n) is 4.13. The van der Waals surface area contributed by atoms with Gasteiger partial charge in [-0.1, -0.05) is 23.2 Å². The molecular formula is C14H8Cl2F3NOS. The minimum absolute atomic E-state index is 0.0987. The van der Waals surface area contributed by atoms with Crippen LogP contribution in [0.25, 0.3) is 0 Å². The van der Waals surface area contributed by atoms with E-state index in [-0.39, 0.29) is 5.75 Å². The van der Waals surface area contributed by atoms with E-state index in [0.717, 1.165) is 23.9 Å². The molecule has 8 heteroatoms. The smallest absolute Gasteiger partial charge is 0.234 e. The lowest BCUT2D eigenvalue weighted by Crippen LogP contribution is -2.15. The first-order chi connectivity index (χ1) is 10.4. The van der Waals surface area contributed by atoms with Crippen LogP contribution in [-0.4, -0.2) is 11.7 Å². The van der Waals surface area contributed by atoms with E-state index in [0.29, 0.717) is 14.9 Å². The lowest BCUT2D eigenvalue weighted by atomic mass is 10.3. The maximum atomic E-state index is 13.4. The zero-order chi connectivity index (χ0) is 16.3. The van der Waals surface area contributed by atoms with Gasteiger partial charge in [-0.05, 0) is 30.3 Å². The third-order valence-corrected chi connectivity index (χ3v) is 4.29. The molecule has 0 aromatic heterocycles. The Labute approximate surface area is 138 Å². The third kappa shape index (κ3) is 4.09. The van der Waals surface area contributed by atoms with Gasteiger partial charge in [0.1, 0.15) is 0 Å². The molecule has 0 fully saturated rings. The predicted molar refractivity (Wildman–Crippen MR) is 82.1 cm³/mol. The number of amides is 1. The van der Waals surface area contributed by atoms with Crippen molar-refractivity contribution in [3.8, 4) is 0 Å². The van der Waals surface area contributed by atoms with Gasteiger partial charge >= 0.3 is 0 Å². The molecule has 0 saturated carbocycles. The van der Waals surface area contributed by atoms with Gasteiger partial charge in [-0.25, -0.2) is 13.2 Å². The minimum atomic E-state index is -1.64. The summed E-state index contributed by atoms with van der Waals surface area (Å²) in [7, 11) is 0. The molecule has 0 saturated heterocycles. The van der Waals surface area contributed by atoms with Gasteiger partial charge in [0.2, 0.25) is 5.91 Å². The fourth-order valence-electron chi connectivity index (χ4n) is 1.54. The molecule has 0 atom stereocenters. The van der Waals surface area contributed by atoms with Crippen molar-refractivity contribution in [2.75, 3.05) is 11.1 Å². The maximum absolute atomic E-state index is 13.4. The van der Waals surface area contributed by atoms with Crippen molar-refractivity contribution in [3.63, 3.8) is 0 Å². The van der Waals surface area contributed by atoms with Crippen molar-refractivity contribution < 1.29 is 18.0 Å². The normalized spacial score (nSPS) is 10.6. The summed E-state index contributed by atoms with van der Waals surface area (Å²) in [5, 5.41) is 3.04. The molecule has 0 unspecified atom stereocenters. The zero-order valence-corrected chi connectivity index (χ0v) is 13.1. The number of carbonyl (C=O) groups is 1. The number of hydrogen-bond donors (Lipinski definition) is 1. The number of carbonyl (C=O) groups excluding carboxylic acids is 1. The Morgan fingerprint density at radius 1 is 1.09 bits per heavy atom. The molecule has 2 aromatic carbocycles. The van der Waals surface area contributed by atoms with Crippen molar-refractivity contribution in [2.24, 2.45) is 0 Å². The van der Waals surface area contributed by atoms with Gasteiger partial charge in [0, 0.05) is 9.92 Å². The zero-order valence-electron chi connectivity index (χ0n) is 10.8. The van der Waals surface area contributed by atoms with Crippen LogP contribution in [0.2, 0.25) is 10.0 Å². The van der Waals surface area contributed by atoms with E-state index in [1.54, 1.807) is 18.2 Å². The van der Waals surface area contributed by atoms with Gasteiger partial charge in [-0.15, -0.1) is 11.8 Å². The number of halogens is 5. The van der Waals surface area contributed by atoms with Crippen molar-refractivity contribution in [1.82, 2.24) is 0 Å². The largest absolute Gasteiger partial charge is 0.323 e. The molecule has 22 heavy (non-hydrogen) atoms. The summed E-state index contributed by atoms with van der Waals surface area (Å²) in [6.45, 7) is 0. The van der Waals surface area contributed by atoms with Crippen LogP contribution in [0.5, 0.6) is 0 Å². The van der Waals surface area contributed by atoms with Crippen LogP contribution in [-0.2, 0) is 4.79 Å². The minimum Gasteiger partial charge on any atom is -0.323 e. The molecule has 0 aliphatic carbocycles. The molecule has 0 radical (unpaired) electrons. The Kier molecular flexibility index (Phi) is 5.61. The summed E-state index contributed by atoms with van der Waals surface area (Å²) in [4.78, 5) is 12.3. The van der Waals surface area contributed by atoms with E-state index in [2.05, 4.69) is 5.32 Å². The number of hydrogen-bond acceptors (Lipinski definition) is 2. The van der Waals surface area contributed by atoms with E-state index in [1.165, 1.54) is 0 Å². The van der Waals surface area contributed by atoms with E-state index in [1.807, 2.05) is 0 Å². The molecule has 0 aliphatic heterocycles. The van der Waals surface area contributed by atoms with Gasteiger partial charge in [0.05, 0.1) is 16.5 Å². The van der Waals surface area contributed by atoms with Crippen LogP contribution in [0.1, 0.15) is 0 Å². The van der Waals surface area contributed by atoms with E-state index in [4.69, 9.17) is 23.2 Å². The molecule has 2 rings (SSSR count). The van der Waals surface area contributed by atoms with Gasteiger partial charge in [0.25, 0.3) is 0 Å². The first-order valence-corrected chi connectivity index (χ1v) is 7.64. The number of nitrogens with one attached hydrogen (secondary N) is 1. The quantitative estimate of drug-likeness (QED) is 0.600. The van der Waals surface area contributed by atoms with Crippen LogP contribution in [0, 0.1) is 17.5 Å². The summed E-state index contributed by atoms with van der Waals surface area (Å²) in [5.41, 5.74) is -0.429. The molecule has 1 N–H and O–H groups in total. The fourth-order valence-corrected chi connectivity index (χ4v) is 2.83. The SMILES string of the molecule is O=C(CSc1cc(Cl)ccc1Cl)Nc1ccc(F)c(F)c1F. The van der Waals surface area contributed by atoms with Gasteiger partial charge in [-0.3, -0.25) is 4.79 Å². The van der Waals surface area contributed by atoms with Crippen molar-refractivity contribution >= 4 is 46.6 Å². The van der Waals surface area contributed by atoms with E-state index >= 15 is 0 Å². The van der Waals surface area contributed by atoms with Crippen LogP contribution in [0.4, 0.5) is 18.9 Å². The molecule has 1 amide bonds. The summed E-state index contributed by atoms with van der Waals surface area (Å²) in [6.07, 6.45) is 0. The topological polar surface area (TPSA) is 29.1 Å². The first kappa shape index (κ1) is 17.0. The van der Waals surface area contributed by atoms with Crippen molar-refractivity contribution in [2.45, 2.75) is 4.90 Å². The standard InChI is InChI=1S/C14H8Cl2F3NOS/c15-7-1-2-8(16)11(5-7)22-6-12(21)20-10-4-3-9(17)13(18)14(10)19/h1-5H,6H2,(H,20,21). The fraction of sp³-hybridized carbons (Fsp3) is 0.0714. The van der Waals surface area contributed by atoms with Gasteiger partial charge in [0.15, 0.2) is 17.5 Å². The van der Waals surface area contributed by atoms with Crippen LogP contribution < -0.4 is 5.32 Å². The second kappa shape index (κ2) is 7.26. The maximum Gasteiger partial charge on any atom is 0.234 e. The predicted octanol–water partition coefficient (Wildman–Crippen LogP) is 5.14. The Morgan fingerprint density at radius 2 is 1.82 bits per heavy atom. The van der Waals surface area contributed by atoms with Crippen LogP contribution in [0.3, 0.4) is 0 Å². The first-order valence-electron chi connectivity index (χ1n) is 5.89. The Morgan fingerprint density at radius 3 is 2.55 bits per heavy atom. The molecule has 0 bridgehead atoms. The van der Waals surface area contributed by atoms with Crippen molar-refractivity contribution in [1.29, 1.82) is 0 Å². The van der Waals surface area contributed by atoms with Gasteiger partial charge in [-0.2, -0.15) is 0 Å². The number of benzene rings is 2. The van der Waals surface area contributed by atoms with E-state index < -0.39 is 29.0 Å². The second-order valence-corrected chi connectivity index (χ2v) is 6.00. The monoisotopic (exact) mass is 365 g/mol. The summed E-state index contributed by atoms with van der Waals surface area (Å²) >= 11 is 12.8. The highest BCUT2D eigenvalue weighted by atomic mass is 35.5. The molecular weight excluding hydrogens is 358 g/mol.